The number of aromatic nitrogens is 10. The van der Waals surface area contributed by atoms with E-state index in [4.69, 9.17) is 14.7 Å². The number of nitrogens with one attached hydrogen (secondary N) is 2. The number of methoxy groups -OCH3 is 1. The molecule has 2 N–H and O–H groups in total. The first-order chi connectivity index (χ1) is 38.2. The van der Waals surface area contributed by atoms with Crippen LogP contribution in [0.5, 0.6) is 5.88 Å². The van der Waals surface area contributed by atoms with Crippen LogP contribution in [0.4, 0.5) is 38.0 Å². The molecule has 9 aromatic rings. The van der Waals surface area contributed by atoms with Crippen molar-refractivity contribution in [2.75, 3.05) is 17.7 Å². The van der Waals surface area contributed by atoms with Gasteiger partial charge in [0.25, 0.3) is 0 Å². The number of halogens is 6. The number of imidazole rings is 2. The summed E-state index contributed by atoms with van der Waals surface area (Å²) in [6.07, 6.45) is 2.44. The molecule has 2 aliphatic rings. The lowest BCUT2D eigenvalue weighted by Gasteiger charge is -2.23. The van der Waals surface area contributed by atoms with Crippen LogP contribution in [0.15, 0.2) is 110 Å². The van der Waals surface area contributed by atoms with Crippen molar-refractivity contribution in [3.63, 3.8) is 0 Å². The smallest absolute Gasteiger partial charge is 0.435 e. The van der Waals surface area contributed by atoms with Gasteiger partial charge in [0, 0.05) is 63.4 Å². The second kappa shape index (κ2) is 25.5. The highest BCUT2D eigenvalue weighted by molar-refractivity contribution is 5.94. The standard InChI is InChI=1S/C28H32N4.C27H25F3N8O.C2H3F3.2C2H6/c1-5-28(2,3)21-14-10-19(11-15-21)17-29-25-16-24-27(30-18-32(24)4)26(31-25)23-9-7-6-8-22(23)20-12-13-20;1-15-10-20(27(28,29)30)36-38(15)18-8-4-16(5-9-18)12-31-21-11-19-24(34-14-37(19)2)25(35-21)22-23(17-6-7-17)32-13-33-26(22)39-3;1-2(3,4)5;2*1-2/h6-11,14-16,18,20H,5,12-13,17H2,1-4H3,(H,29,31);4-5,8-11,13-14,17H,6-7,12H2,1-3H3,(H,31,35);1H3;2*1-2H3. The fraction of sp³-hybridized carbons (Fsp3) is 0.393. The van der Waals surface area contributed by atoms with E-state index in [1.165, 1.54) is 46.1 Å². The van der Waals surface area contributed by atoms with Crippen molar-refractivity contribution < 1.29 is 31.1 Å². The molecule has 6 heterocycles. The van der Waals surface area contributed by atoms with Gasteiger partial charge in [0.15, 0.2) is 5.69 Å². The second-order valence-electron chi connectivity index (χ2n) is 20.1. The Balaban J connectivity index is 0.000000204. The molecule has 424 valence electrons. The summed E-state index contributed by atoms with van der Waals surface area (Å²) in [6.45, 7) is 17.8. The molecule has 11 rings (SSSR count). The van der Waals surface area contributed by atoms with Crippen LogP contribution in [0, 0.1) is 6.92 Å². The Labute approximate surface area is 464 Å². The van der Waals surface area contributed by atoms with Crippen LogP contribution in [0.3, 0.4) is 0 Å². The van der Waals surface area contributed by atoms with Crippen molar-refractivity contribution in [1.29, 1.82) is 0 Å². The predicted octanol–water partition coefficient (Wildman–Crippen LogP) is 15.9. The van der Waals surface area contributed by atoms with E-state index in [2.05, 4.69) is 116 Å². The minimum absolute atomic E-state index is 0.188. The van der Waals surface area contributed by atoms with Gasteiger partial charge in [-0.15, -0.1) is 0 Å². The third-order valence-corrected chi connectivity index (χ3v) is 13.8. The van der Waals surface area contributed by atoms with Gasteiger partial charge in [0.2, 0.25) is 5.88 Å². The zero-order valence-corrected chi connectivity index (χ0v) is 47.6. The van der Waals surface area contributed by atoms with E-state index in [0.29, 0.717) is 47.2 Å². The molecule has 6 aromatic heterocycles. The van der Waals surface area contributed by atoms with Crippen LogP contribution in [-0.4, -0.2) is 62.1 Å². The summed E-state index contributed by atoms with van der Waals surface area (Å²) in [4.78, 5) is 28.2. The summed E-state index contributed by atoms with van der Waals surface area (Å²) in [5.41, 5.74) is 13.4. The fourth-order valence-corrected chi connectivity index (χ4v) is 8.98. The van der Waals surface area contributed by atoms with E-state index in [1.807, 2.05) is 70.9 Å². The maximum absolute atomic E-state index is 13.1. The zero-order valence-electron chi connectivity index (χ0n) is 47.6. The Hall–Kier alpha value is -7.83. The number of aryl methyl sites for hydroxylation is 3. The number of nitrogens with zero attached hydrogens (tertiary/aromatic N) is 10. The first-order valence-electron chi connectivity index (χ1n) is 27.2. The first-order valence-corrected chi connectivity index (χ1v) is 27.2. The van der Waals surface area contributed by atoms with Crippen LogP contribution in [-0.2, 0) is 38.8 Å². The van der Waals surface area contributed by atoms with Gasteiger partial charge in [-0.3, -0.25) is 0 Å². The van der Waals surface area contributed by atoms with Gasteiger partial charge in [-0.05, 0) is 90.8 Å². The van der Waals surface area contributed by atoms with E-state index in [-0.39, 0.29) is 12.3 Å². The topological polar surface area (TPSA) is 138 Å². The first kappa shape index (κ1) is 59.8. The van der Waals surface area contributed by atoms with Crippen molar-refractivity contribution in [3.05, 3.63) is 149 Å². The highest BCUT2D eigenvalue weighted by Crippen LogP contribution is 2.47. The molecule has 0 amide bonds. The van der Waals surface area contributed by atoms with E-state index in [1.54, 1.807) is 32.5 Å². The van der Waals surface area contributed by atoms with Gasteiger partial charge in [-0.25, -0.2) is 34.6 Å². The Bertz CT molecular complexity index is 3470. The summed E-state index contributed by atoms with van der Waals surface area (Å²) >= 11 is 0. The van der Waals surface area contributed by atoms with E-state index in [9.17, 15) is 26.3 Å². The normalized spacial score (nSPS) is 13.2. The molecule has 80 heavy (non-hydrogen) atoms. The average molecular weight is 1100 g/mol. The minimum atomic E-state index is -4.49. The van der Waals surface area contributed by atoms with E-state index in [0.717, 1.165) is 82.3 Å². The predicted molar refractivity (Wildman–Crippen MR) is 306 cm³/mol. The van der Waals surface area contributed by atoms with Crippen molar-refractivity contribution in [2.45, 2.75) is 137 Å². The number of benzene rings is 3. The van der Waals surface area contributed by atoms with E-state index >= 15 is 0 Å². The number of rotatable bonds is 14. The lowest BCUT2D eigenvalue weighted by molar-refractivity contribution is -0.141. The summed E-state index contributed by atoms with van der Waals surface area (Å²) in [5, 5.41) is 10.7. The molecule has 2 aliphatic carbocycles. The number of pyridine rings is 2. The molecule has 0 atom stereocenters. The molecular formula is C61H72F6N12O. The van der Waals surface area contributed by atoms with Gasteiger partial charge in [-0.2, -0.15) is 31.4 Å². The number of hydrogen-bond acceptors (Lipinski definition) is 10. The number of ether oxygens (including phenoxy) is 1. The lowest BCUT2D eigenvalue weighted by Crippen LogP contribution is -2.15. The molecule has 0 radical (unpaired) electrons. The number of anilines is 2. The van der Waals surface area contributed by atoms with Gasteiger partial charge >= 0.3 is 12.4 Å². The van der Waals surface area contributed by atoms with Crippen molar-refractivity contribution in [2.24, 2.45) is 14.1 Å². The molecule has 13 nitrogen and oxygen atoms in total. The molecule has 2 fully saturated rings. The van der Waals surface area contributed by atoms with Crippen LogP contribution in [0.25, 0.3) is 50.3 Å². The number of alkyl halides is 6. The van der Waals surface area contributed by atoms with Gasteiger partial charge < -0.3 is 24.5 Å². The number of fused-ring (bicyclic) bond motifs is 2. The highest BCUT2D eigenvalue weighted by atomic mass is 19.4. The summed E-state index contributed by atoms with van der Waals surface area (Å²) in [6, 6.07) is 29.9. The van der Waals surface area contributed by atoms with Gasteiger partial charge in [0.1, 0.15) is 40.4 Å². The SMILES string of the molecule is CC.CC.CC(F)(F)F.CCC(C)(C)c1ccc(CNc2cc3c(ncn3C)c(-c3ccccc3C3CC3)n2)cc1.COc1ncnc(C2CC2)c1-c1nc(NCc2ccc(-n3nc(C(F)(F)F)cc3C)cc2)cc2c1ncn2C. The Morgan fingerprint density at radius 1 is 0.650 bits per heavy atom. The van der Waals surface area contributed by atoms with Crippen molar-refractivity contribution in [1.82, 2.24) is 48.8 Å². The van der Waals surface area contributed by atoms with Crippen LogP contribution >= 0.6 is 0 Å². The van der Waals surface area contributed by atoms with Crippen LogP contribution in [0.1, 0.15) is 139 Å². The molecule has 0 unspecified atom stereocenters. The molecule has 0 spiro atoms. The summed E-state index contributed by atoms with van der Waals surface area (Å²) < 4.78 is 81.1. The fourth-order valence-electron chi connectivity index (χ4n) is 8.98. The van der Waals surface area contributed by atoms with E-state index < -0.39 is 18.0 Å². The molecular weight excluding hydrogens is 1030 g/mol. The lowest BCUT2D eigenvalue weighted by atomic mass is 9.82. The monoisotopic (exact) mass is 1100 g/mol. The van der Waals surface area contributed by atoms with Crippen molar-refractivity contribution >= 4 is 33.7 Å². The van der Waals surface area contributed by atoms with Crippen LogP contribution < -0.4 is 15.4 Å². The van der Waals surface area contributed by atoms with Crippen molar-refractivity contribution in [3.8, 4) is 34.1 Å². The molecule has 19 heteroatoms. The summed E-state index contributed by atoms with van der Waals surface area (Å²) in [5.74, 6) is 2.99. The maximum Gasteiger partial charge on any atom is 0.435 e. The molecule has 0 bridgehead atoms. The average Bonchev–Trinajstić information content (AvgIpc) is 4.43. The molecule has 2 saturated carbocycles. The summed E-state index contributed by atoms with van der Waals surface area (Å²) in [7, 11) is 5.55. The maximum atomic E-state index is 13.1. The number of hydrogen-bond donors (Lipinski definition) is 2. The third-order valence-electron chi connectivity index (χ3n) is 13.8. The quantitative estimate of drug-likeness (QED) is 0.101. The Kier molecular flexibility index (Phi) is 19.1. The minimum Gasteiger partial charge on any atom is -0.480 e. The largest absolute Gasteiger partial charge is 0.480 e. The molecule has 0 aliphatic heterocycles. The van der Waals surface area contributed by atoms with Gasteiger partial charge in [-0.1, -0.05) is 109 Å². The molecule has 0 saturated heterocycles. The Morgan fingerprint density at radius 3 is 1.66 bits per heavy atom. The third kappa shape index (κ3) is 14.5. The molecule has 3 aromatic carbocycles. The highest BCUT2D eigenvalue weighted by Gasteiger charge is 2.35. The van der Waals surface area contributed by atoms with Crippen LogP contribution in [0.2, 0.25) is 0 Å². The Morgan fingerprint density at radius 2 is 1.16 bits per heavy atom. The second-order valence-corrected chi connectivity index (χ2v) is 20.1. The zero-order chi connectivity index (χ0) is 58.1. The van der Waals surface area contributed by atoms with Gasteiger partial charge in [0.05, 0.1) is 47.7 Å².